The Kier molecular flexibility index (Phi) is 18.0. The summed E-state index contributed by atoms with van der Waals surface area (Å²) in [5, 5.41) is 30.8. The molecule has 0 aromatic rings. The van der Waals surface area contributed by atoms with E-state index in [1.165, 1.54) is 44.8 Å². The van der Waals surface area contributed by atoms with Gasteiger partial charge in [-0.2, -0.15) is 0 Å². The molecule has 0 radical (unpaired) electrons. The van der Waals surface area contributed by atoms with Gasteiger partial charge in [-0.05, 0) is 63.2 Å². The highest BCUT2D eigenvalue weighted by Gasteiger charge is 2.44. The van der Waals surface area contributed by atoms with Crippen LogP contribution in [0.1, 0.15) is 94.4 Å². The Morgan fingerprint density at radius 1 is 0.696 bits per heavy atom. The first kappa shape index (κ1) is 48.1. The number of carbonyl (C=O) groups is 7. The van der Waals surface area contributed by atoms with Crippen molar-refractivity contribution in [3.8, 4) is 0 Å². The summed E-state index contributed by atoms with van der Waals surface area (Å²) in [7, 11) is 4.15. The molecule has 2 heterocycles. The molecule has 16 heteroatoms. The summed E-state index contributed by atoms with van der Waals surface area (Å²) in [6.07, 6.45) is 0.837. The molecule has 56 heavy (non-hydrogen) atoms. The van der Waals surface area contributed by atoms with Crippen molar-refractivity contribution in [3.63, 3.8) is 0 Å². The van der Waals surface area contributed by atoms with Gasteiger partial charge in [0.15, 0.2) is 0 Å². The van der Waals surface area contributed by atoms with Crippen molar-refractivity contribution in [2.45, 2.75) is 149 Å². The number of allylic oxidation sites excluding steroid dienone is 1. The summed E-state index contributed by atoms with van der Waals surface area (Å²) < 4.78 is 0. The zero-order valence-corrected chi connectivity index (χ0v) is 35.6. The average Bonchev–Trinajstić information content (AvgIpc) is 3.17. The number of hydrogen-bond donors (Lipinski definition) is 5. The van der Waals surface area contributed by atoms with Crippen LogP contribution in [0, 0.1) is 23.7 Å². The third kappa shape index (κ3) is 11.3. The quantitative estimate of drug-likeness (QED) is 0.208. The number of piperidine rings is 1. The first-order valence-corrected chi connectivity index (χ1v) is 20.0. The lowest BCUT2D eigenvalue weighted by molar-refractivity contribution is -0.153. The number of aliphatic hydroxyl groups is 2. The highest BCUT2D eigenvalue weighted by Crippen LogP contribution is 2.23. The van der Waals surface area contributed by atoms with E-state index in [1.54, 1.807) is 47.6 Å². The van der Waals surface area contributed by atoms with Gasteiger partial charge in [0, 0.05) is 27.7 Å². The summed E-state index contributed by atoms with van der Waals surface area (Å²) in [4.78, 5) is 104. The number of amides is 7. The van der Waals surface area contributed by atoms with E-state index in [0.717, 1.165) is 9.80 Å². The minimum Gasteiger partial charge on any atom is -0.390 e. The molecule has 0 spiro atoms. The van der Waals surface area contributed by atoms with Crippen LogP contribution in [0.4, 0.5) is 0 Å². The average molecular weight is 792 g/mol. The van der Waals surface area contributed by atoms with E-state index in [2.05, 4.69) is 22.5 Å². The van der Waals surface area contributed by atoms with Crippen molar-refractivity contribution < 1.29 is 43.8 Å². The van der Waals surface area contributed by atoms with Crippen molar-refractivity contribution in [2.24, 2.45) is 23.7 Å². The number of carbonyl (C=O) groups excluding carboxylic acids is 7. The largest absolute Gasteiger partial charge is 0.390 e. The van der Waals surface area contributed by atoms with Gasteiger partial charge in [-0.15, -0.1) is 6.58 Å². The lowest BCUT2D eigenvalue weighted by atomic mass is 9.94. The Balaban J connectivity index is 2.83. The molecule has 2 aliphatic heterocycles. The van der Waals surface area contributed by atoms with Crippen LogP contribution in [-0.2, 0) is 33.6 Å². The van der Waals surface area contributed by atoms with E-state index in [9.17, 15) is 43.8 Å². The van der Waals surface area contributed by atoms with Crippen LogP contribution in [0.2, 0.25) is 0 Å². The lowest BCUT2D eigenvalue weighted by Gasteiger charge is -2.39. The van der Waals surface area contributed by atoms with Gasteiger partial charge in [-0.25, -0.2) is 0 Å². The van der Waals surface area contributed by atoms with Crippen LogP contribution in [0.5, 0.6) is 0 Å². The number of hydrogen-bond acceptors (Lipinski definition) is 9. The summed E-state index contributed by atoms with van der Waals surface area (Å²) in [5.41, 5.74) is 0. The highest BCUT2D eigenvalue weighted by molar-refractivity contribution is 5.98. The second-order valence-electron chi connectivity index (χ2n) is 16.5. The minimum absolute atomic E-state index is 0.0848. The molecule has 0 bridgehead atoms. The summed E-state index contributed by atoms with van der Waals surface area (Å²) in [6.45, 7) is 19.1. The van der Waals surface area contributed by atoms with E-state index >= 15 is 0 Å². The van der Waals surface area contributed by atoms with Gasteiger partial charge >= 0.3 is 0 Å². The van der Waals surface area contributed by atoms with Gasteiger partial charge in [0.25, 0.3) is 0 Å². The van der Waals surface area contributed by atoms with E-state index in [1.807, 2.05) is 6.92 Å². The maximum Gasteiger partial charge on any atom is 0.246 e. The number of aliphatic hydroxyl groups excluding tert-OH is 2. The Morgan fingerprint density at radius 2 is 1.23 bits per heavy atom. The molecule has 16 nitrogen and oxygen atoms in total. The van der Waals surface area contributed by atoms with Crippen LogP contribution in [0.25, 0.3) is 0 Å². The molecule has 2 aliphatic rings. The summed E-state index contributed by atoms with van der Waals surface area (Å²) in [6, 6.07) is -8.70. The SMILES string of the molecule is C=C[C@H](C)C[C@@H]1NC(=O)[C@H]([C@H](O)C(C)C)N(C)C(=O)[C@H](C)N(C)C(=O)C([C@@H](C)CC)NC(=O)C([C@H](O)C(C)C)NC(=O)[C@H]2CCCCN2C(=O)[C@H](C)N(C)C1=O. The number of fused-ring (bicyclic) bond motifs is 1. The smallest absolute Gasteiger partial charge is 0.246 e. The van der Waals surface area contributed by atoms with Crippen LogP contribution < -0.4 is 16.0 Å². The van der Waals surface area contributed by atoms with Crippen molar-refractivity contribution in [2.75, 3.05) is 27.7 Å². The van der Waals surface area contributed by atoms with Gasteiger partial charge in [0.05, 0.1) is 12.2 Å². The number of likely N-dealkylation sites (N-methyl/N-ethyl adjacent to an activating group) is 3. The molecule has 2 unspecified atom stereocenters. The van der Waals surface area contributed by atoms with Crippen LogP contribution in [0.3, 0.4) is 0 Å². The van der Waals surface area contributed by atoms with Gasteiger partial charge < -0.3 is 45.8 Å². The number of nitrogens with one attached hydrogen (secondary N) is 3. The van der Waals surface area contributed by atoms with Gasteiger partial charge in [-0.1, -0.05) is 61.0 Å². The monoisotopic (exact) mass is 792 g/mol. The fourth-order valence-electron chi connectivity index (χ4n) is 7.06. The fourth-order valence-corrected chi connectivity index (χ4v) is 7.06. The molecule has 318 valence electrons. The predicted octanol–water partition coefficient (Wildman–Crippen LogP) is 0.648. The lowest BCUT2D eigenvalue weighted by Crippen LogP contribution is -2.64. The van der Waals surface area contributed by atoms with Crippen molar-refractivity contribution >= 4 is 41.4 Å². The summed E-state index contributed by atoms with van der Waals surface area (Å²) in [5.74, 6) is -6.53. The second-order valence-corrected chi connectivity index (χ2v) is 16.5. The number of nitrogens with zero attached hydrogens (tertiary/aromatic N) is 4. The molecule has 7 amide bonds. The first-order chi connectivity index (χ1) is 26.0. The molecule has 2 saturated heterocycles. The predicted molar refractivity (Wildman–Crippen MR) is 211 cm³/mol. The van der Waals surface area contributed by atoms with E-state index in [4.69, 9.17) is 0 Å². The molecule has 11 atom stereocenters. The maximum absolute atomic E-state index is 14.2. The van der Waals surface area contributed by atoms with E-state index < -0.39 is 114 Å². The van der Waals surface area contributed by atoms with Gasteiger partial charge in [0.2, 0.25) is 41.4 Å². The molecule has 0 saturated carbocycles. The zero-order chi connectivity index (χ0) is 42.9. The van der Waals surface area contributed by atoms with Crippen LogP contribution >= 0.6 is 0 Å². The molecule has 2 fully saturated rings. The van der Waals surface area contributed by atoms with Gasteiger partial charge in [0.1, 0.15) is 42.3 Å². The number of rotatable bonds is 9. The fraction of sp³-hybridized carbons (Fsp3) is 0.775. The molecule has 2 rings (SSSR count). The molecule has 0 aromatic heterocycles. The normalized spacial score (nSPS) is 29.6. The molecular formula is C40H69N7O9. The van der Waals surface area contributed by atoms with E-state index in [-0.39, 0.29) is 25.3 Å². The Morgan fingerprint density at radius 3 is 1.77 bits per heavy atom. The second kappa shape index (κ2) is 20.9. The molecule has 5 N–H and O–H groups in total. The third-order valence-electron chi connectivity index (χ3n) is 11.7. The van der Waals surface area contributed by atoms with Crippen molar-refractivity contribution in [1.82, 2.24) is 35.6 Å². The molecular weight excluding hydrogens is 722 g/mol. The Bertz CT molecular complexity index is 1440. The van der Waals surface area contributed by atoms with Crippen LogP contribution in [-0.4, -0.2) is 153 Å². The minimum atomic E-state index is -1.50. The van der Waals surface area contributed by atoms with Crippen molar-refractivity contribution in [1.29, 1.82) is 0 Å². The maximum atomic E-state index is 14.2. The van der Waals surface area contributed by atoms with Crippen LogP contribution in [0.15, 0.2) is 12.7 Å². The standard InChI is InChI=1S/C40H69N7O9/c1-14-23(7)20-27-39(55)44(11)26(10)38(54)47-19-17-16-18-28(47)34(50)43-30(32(48)21(3)4)35(51)42-29(24(8)15-2)40(56)45(12)25(9)37(53)46(13)31(36(52)41-27)33(49)22(5)6/h14,21-33,48-49H,1,15-20H2,2-13H3,(H,41,52)(H,42,51)(H,43,50)/t23-,24-,25-,26-,27-,28+,29?,30?,31-,32+,33+/m0/s1. The highest BCUT2D eigenvalue weighted by atomic mass is 16.3. The zero-order valence-electron chi connectivity index (χ0n) is 35.6. The first-order valence-electron chi connectivity index (χ1n) is 20.0. The van der Waals surface area contributed by atoms with Gasteiger partial charge in [-0.3, -0.25) is 33.6 Å². The third-order valence-corrected chi connectivity index (χ3v) is 11.7. The molecule has 0 aromatic carbocycles. The van der Waals surface area contributed by atoms with Crippen molar-refractivity contribution in [3.05, 3.63) is 12.7 Å². The Labute approximate surface area is 333 Å². The molecule has 0 aliphatic carbocycles. The topological polar surface area (TPSA) is 209 Å². The van der Waals surface area contributed by atoms with E-state index in [0.29, 0.717) is 19.3 Å². The summed E-state index contributed by atoms with van der Waals surface area (Å²) >= 11 is 0. The Hall–Kier alpha value is -4.05.